The van der Waals surface area contributed by atoms with Crippen LogP contribution < -0.4 is 10.2 Å². The van der Waals surface area contributed by atoms with Gasteiger partial charge in [-0.3, -0.25) is 4.79 Å². The molecule has 4 rings (SSSR count). The van der Waals surface area contributed by atoms with Crippen molar-refractivity contribution in [2.75, 3.05) is 11.4 Å². The van der Waals surface area contributed by atoms with Gasteiger partial charge in [-0.2, -0.15) is 0 Å². The molecule has 1 N–H and O–H groups in total. The Bertz CT molecular complexity index is 1210. The first-order chi connectivity index (χ1) is 15.1. The van der Waals surface area contributed by atoms with Crippen LogP contribution in [0.15, 0.2) is 46.3 Å². The number of halogens is 1. The molecule has 4 nitrogen and oxygen atoms in total. The highest BCUT2D eigenvalue weighted by atomic mass is 35.5. The molecular weight excluding hydrogens is 438 g/mol. The summed E-state index contributed by atoms with van der Waals surface area (Å²) in [4.78, 5) is 20.3. The van der Waals surface area contributed by atoms with E-state index in [1.54, 1.807) is 0 Å². The van der Waals surface area contributed by atoms with Crippen LogP contribution in [-0.4, -0.2) is 23.2 Å². The summed E-state index contributed by atoms with van der Waals surface area (Å²) in [6.45, 7) is 13.9. The Labute approximate surface area is 199 Å². The van der Waals surface area contributed by atoms with Gasteiger partial charge in [0.05, 0.1) is 16.1 Å². The number of aliphatic imine (C=N–C) groups is 1. The zero-order chi connectivity index (χ0) is 23.2. The van der Waals surface area contributed by atoms with Crippen LogP contribution in [0.5, 0.6) is 0 Å². The Kier molecular flexibility index (Phi) is 5.99. The van der Waals surface area contributed by atoms with Gasteiger partial charge in [-0.1, -0.05) is 23.7 Å². The first kappa shape index (κ1) is 22.7. The minimum absolute atomic E-state index is 0.0245. The molecule has 2 aromatic rings. The summed E-state index contributed by atoms with van der Waals surface area (Å²) in [5.41, 5.74) is 7.66. The summed E-state index contributed by atoms with van der Waals surface area (Å²) in [6, 6.07) is 10.0. The molecular formula is C26H28ClN3OS. The lowest BCUT2D eigenvalue weighted by Gasteiger charge is -2.43. The van der Waals surface area contributed by atoms with Crippen molar-refractivity contribution in [3.05, 3.63) is 68.6 Å². The Hall–Kier alpha value is -2.50. The van der Waals surface area contributed by atoms with Gasteiger partial charge >= 0.3 is 0 Å². The molecule has 2 aliphatic rings. The molecule has 2 heterocycles. The van der Waals surface area contributed by atoms with Crippen molar-refractivity contribution < 1.29 is 4.79 Å². The van der Waals surface area contributed by atoms with Crippen LogP contribution in [0.4, 0.5) is 11.4 Å². The average Bonchev–Trinajstić information content (AvgIpc) is 3.04. The van der Waals surface area contributed by atoms with Gasteiger partial charge in [0.1, 0.15) is 0 Å². The fraction of sp³-hybridized carbons (Fsp3) is 0.308. The molecule has 1 amide bonds. The lowest BCUT2D eigenvalue weighted by molar-refractivity contribution is -0.115. The summed E-state index contributed by atoms with van der Waals surface area (Å²) in [5, 5.41) is 4.07. The van der Waals surface area contributed by atoms with E-state index < -0.39 is 0 Å². The molecule has 1 saturated heterocycles. The van der Waals surface area contributed by atoms with E-state index in [2.05, 4.69) is 68.0 Å². The van der Waals surface area contributed by atoms with Crippen LogP contribution in [0.3, 0.4) is 0 Å². The first-order valence-electron chi connectivity index (χ1n) is 10.8. The summed E-state index contributed by atoms with van der Waals surface area (Å²) in [6.07, 6.45) is 4.28. The number of anilines is 1. The number of carbonyl (C=O) groups excluding carboxylic acids is 1. The third kappa shape index (κ3) is 4.24. The van der Waals surface area contributed by atoms with Gasteiger partial charge in [-0.05, 0) is 106 Å². The molecule has 0 atom stereocenters. The van der Waals surface area contributed by atoms with Crippen molar-refractivity contribution in [2.45, 2.75) is 47.1 Å². The largest absolute Gasteiger partial charge is 0.363 e. The third-order valence-corrected chi connectivity index (χ3v) is 7.16. The Morgan fingerprint density at radius 3 is 2.62 bits per heavy atom. The highest BCUT2D eigenvalue weighted by Crippen LogP contribution is 2.41. The molecule has 1 fully saturated rings. The molecule has 32 heavy (non-hydrogen) atoms. The number of aryl methyl sites for hydroxylation is 2. The molecule has 2 aliphatic heterocycles. The van der Waals surface area contributed by atoms with Crippen LogP contribution in [0.2, 0.25) is 5.02 Å². The van der Waals surface area contributed by atoms with Crippen molar-refractivity contribution in [3.63, 3.8) is 0 Å². The highest BCUT2D eigenvalue weighted by Gasteiger charge is 2.31. The standard InChI is InChI=1S/C26H28ClN3OS/c1-7-30-22-10-16(3)18(11-20(22)17(4)14-26(30,5)6)12-23-24(31)29-25(32-23)28-21-13-19(27)9-8-15(21)2/h8-14H,7H2,1-6H3,(H,28,29,31)/b23-12+. The highest BCUT2D eigenvalue weighted by molar-refractivity contribution is 8.18. The van der Waals surface area contributed by atoms with Gasteiger partial charge < -0.3 is 10.2 Å². The number of hydrogen-bond donors (Lipinski definition) is 1. The number of amides is 1. The SMILES string of the molecule is CCN1c2cc(C)c(/C=C3/SC(=Nc4cc(Cl)ccc4C)NC3=O)cc2C(C)=CC1(C)C. The minimum Gasteiger partial charge on any atom is -0.363 e. The van der Waals surface area contributed by atoms with E-state index in [1.165, 1.54) is 28.6 Å². The number of amidine groups is 1. The first-order valence-corrected chi connectivity index (χ1v) is 12.0. The predicted molar refractivity (Wildman–Crippen MR) is 139 cm³/mol. The van der Waals surface area contributed by atoms with Crippen LogP contribution in [0.1, 0.15) is 49.9 Å². The molecule has 166 valence electrons. The summed E-state index contributed by atoms with van der Waals surface area (Å²) < 4.78 is 0. The van der Waals surface area contributed by atoms with Crippen LogP contribution in [0.25, 0.3) is 11.6 Å². The number of nitrogens with one attached hydrogen (secondary N) is 1. The smallest absolute Gasteiger partial charge is 0.264 e. The summed E-state index contributed by atoms with van der Waals surface area (Å²) >= 11 is 7.47. The molecule has 0 unspecified atom stereocenters. The Morgan fingerprint density at radius 2 is 1.91 bits per heavy atom. The molecule has 0 aliphatic carbocycles. The van der Waals surface area contributed by atoms with E-state index in [9.17, 15) is 4.79 Å². The molecule has 0 aromatic heterocycles. The maximum absolute atomic E-state index is 12.7. The molecule has 0 radical (unpaired) electrons. The van der Waals surface area contributed by atoms with Crippen molar-refractivity contribution in [1.82, 2.24) is 5.32 Å². The number of benzene rings is 2. The monoisotopic (exact) mass is 465 g/mol. The quantitative estimate of drug-likeness (QED) is 0.503. The van der Waals surface area contributed by atoms with Gasteiger partial charge in [-0.25, -0.2) is 4.99 Å². The van der Waals surface area contributed by atoms with Crippen molar-refractivity contribution in [2.24, 2.45) is 4.99 Å². The van der Waals surface area contributed by atoms with E-state index in [4.69, 9.17) is 11.6 Å². The third-order valence-electron chi connectivity index (χ3n) is 6.01. The minimum atomic E-state index is -0.130. The number of carbonyl (C=O) groups is 1. The molecule has 0 bridgehead atoms. The van der Waals surface area contributed by atoms with Crippen LogP contribution in [0, 0.1) is 13.8 Å². The van der Waals surface area contributed by atoms with Gasteiger partial charge in [0.2, 0.25) is 0 Å². The topological polar surface area (TPSA) is 44.7 Å². The van der Waals surface area contributed by atoms with Crippen molar-refractivity contribution in [1.29, 1.82) is 0 Å². The second kappa shape index (κ2) is 8.45. The van der Waals surface area contributed by atoms with Crippen LogP contribution >= 0.6 is 23.4 Å². The fourth-order valence-corrected chi connectivity index (χ4v) is 5.40. The van der Waals surface area contributed by atoms with Gasteiger partial charge in [0, 0.05) is 22.8 Å². The summed E-state index contributed by atoms with van der Waals surface area (Å²) in [5.74, 6) is -0.130. The lowest BCUT2D eigenvalue weighted by atomic mass is 9.87. The van der Waals surface area contributed by atoms with Gasteiger partial charge in [-0.15, -0.1) is 0 Å². The number of rotatable bonds is 3. The number of likely N-dealkylation sites (N-methyl/N-ethyl adjacent to an activating group) is 1. The predicted octanol–water partition coefficient (Wildman–Crippen LogP) is 6.87. The van der Waals surface area contributed by atoms with Crippen molar-refractivity contribution in [3.8, 4) is 0 Å². The molecule has 0 saturated carbocycles. The molecule has 0 spiro atoms. The van der Waals surface area contributed by atoms with E-state index in [0.717, 1.165) is 28.9 Å². The van der Waals surface area contributed by atoms with Crippen LogP contribution in [-0.2, 0) is 4.79 Å². The van der Waals surface area contributed by atoms with Gasteiger partial charge in [0.15, 0.2) is 5.17 Å². The van der Waals surface area contributed by atoms with Gasteiger partial charge in [0.25, 0.3) is 5.91 Å². The number of nitrogens with zero attached hydrogens (tertiary/aromatic N) is 2. The van der Waals surface area contributed by atoms with Crippen molar-refractivity contribution >= 4 is 57.5 Å². The maximum Gasteiger partial charge on any atom is 0.264 e. The van der Waals surface area contributed by atoms with E-state index in [-0.39, 0.29) is 11.4 Å². The summed E-state index contributed by atoms with van der Waals surface area (Å²) in [7, 11) is 0. The average molecular weight is 466 g/mol. The lowest BCUT2D eigenvalue weighted by Crippen LogP contribution is -2.44. The number of allylic oxidation sites excluding steroid dienone is 1. The van der Waals surface area contributed by atoms with E-state index in [0.29, 0.717) is 15.1 Å². The normalized spacial score (nSPS) is 19.9. The van der Waals surface area contributed by atoms with E-state index >= 15 is 0 Å². The molecule has 2 aromatic carbocycles. The Morgan fingerprint density at radius 1 is 1.16 bits per heavy atom. The second-order valence-corrected chi connectivity index (χ2v) is 10.3. The zero-order valence-electron chi connectivity index (χ0n) is 19.3. The molecule has 6 heteroatoms. The maximum atomic E-state index is 12.7. The zero-order valence-corrected chi connectivity index (χ0v) is 20.9. The number of fused-ring (bicyclic) bond motifs is 1. The number of hydrogen-bond acceptors (Lipinski definition) is 4. The second-order valence-electron chi connectivity index (χ2n) is 8.86. The van der Waals surface area contributed by atoms with E-state index in [1.807, 2.05) is 31.2 Å². The Balaban J connectivity index is 1.69. The fourth-order valence-electron chi connectivity index (χ4n) is 4.41. The number of thioether (sulfide) groups is 1.